The number of anilines is 3. The number of fused-ring (bicyclic) bond motifs is 19. The molecular weight excluding hydrogens is 855 g/mol. The van der Waals surface area contributed by atoms with E-state index in [0.29, 0.717) is 0 Å². The fraction of sp³-hybridized carbons (Fsp3) is 0.0571. The first-order valence-corrected chi connectivity index (χ1v) is 25.0. The van der Waals surface area contributed by atoms with E-state index in [1.165, 1.54) is 121 Å². The average molecular weight is 902 g/mol. The van der Waals surface area contributed by atoms with Gasteiger partial charge in [0.15, 0.2) is 0 Å². The van der Waals surface area contributed by atoms with Crippen molar-refractivity contribution in [3.63, 3.8) is 0 Å². The maximum absolute atomic E-state index is 2.60. The van der Waals surface area contributed by atoms with Crippen LogP contribution in [0.1, 0.15) is 47.2 Å². The summed E-state index contributed by atoms with van der Waals surface area (Å²) in [7, 11) is 0. The van der Waals surface area contributed by atoms with Gasteiger partial charge in [0.1, 0.15) is 0 Å². The molecule has 71 heavy (non-hydrogen) atoms. The second-order valence-electron chi connectivity index (χ2n) is 20.3. The molecule has 0 radical (unpaired) electrons. The summed E-state index contributed by atoms with van der Waals surface area (Å²) < 4.78 is 0. The smallest absolute Gasteiger partial charge is 0.0726 e. The summed E-state index contributed by atoms with van der Waals surface area (Å²) >= 11 is 0. The molecule has 1 heteroatoms. The molecule has 12 aromatic rings. The number of hydrogen-bond acceptors (Lipinski definition) is 1. The van der Waals surface area contributed by atoms with E-state index in [1.807, 2.05) is 0 Å². The average Bonchev–Trinajstić information content (AvgIpc) is 3.99. The van der Waals surface area contributed by atoms with Crippen molar-refractivity contribution in [1.82, 2.24) is 0 Å². The Kier molecular flexibility index (Phi) is 8.40. The van der Waals surface area contributed by atoms with Crippen LogP contribution in [0.4, 0.5) is 17.1 Å². The Hall–Kier alpha value is -8.78. The summed E-state index contributed by atoms with van der Waals surface area (Å²) in [5, 5.41) is 7.56. The highest BCUT2D eigenvalue weighted by Crippen LogP contribution is 2.65. The Morgan fingerprint density at radius 2 is 0.718 bits per heavy atom. The van der Waals surface area contributed by atoms with Gasteiger partial charge in [-0.25, -0.2) is 0 Å². The van der Waals surface area contributed by atoms with Crippen LogP contribution >= 0.6 is 0 Å². The van der Waals surface area contributed by atoms with Crippen LogP contribution in [0.5, 0.6) is 0 Å². The van der Waals surface area contributed by atoms with Gasteiger partial charge in [0, 0.05) is 22.4 Å². The second-order valence-corrected chi connectivity index (χ2v) is 20.3. The summed E-state index contributed by atoms with van der Waals surface area (Å²) in [4.78, 5) is 2.57. The zero-order valence-corrected chi connectivity index (χ0v) is 39.6. The van der Waals surface area contributed by atoms with E-state index in [1.54, 1.807) is 0 Å². The molecule has 1 spiro atoms. The van der Waals surface area contributed by atoms with Crippen LogP contribution in [0.25, 0.3) is 88.0 Å². The van der Waals surface area contributed by atoms with Crippen LogP contribution in [0.15, 0.2) is 249 Å². The lowest BCUT2D eigenvalue weighted by atomic mass is 9.70. The monoisotopic (exact) mass is 901 g/mol. The van der Waals surface area contributed by atoms with Crippen LogP contribution in [0.2, 0.25) is 0 Å². The molecule has 0 aromatic heterocycles. The summed E-state index contributed by atoms with van der Waals surface area (Å²) in [6.07, 6.45) is 0. The predicted octanol–water partition coefficient (Wildman–Crippen LogP) is 18.6. The topological polar surface area (TPSA) is 3.24 Å². The number of benzene rings is 12. The highest BCUT2D eigenvalue weighted by atomic mass is 15.1. The minimum Gasteiger partial charge on any atom is -0.310 e. The first-order valence-electron chi connectivity index (χ1n) is 25.0. The first-order chi connectivity index (χ1) is 35.0. The van der Waals surface area contributed by atoms with Crippen molar-refractivity contribution >= 4 is 49.4 Å². The Morgan fingerprint density at radius 1 is 0.268 bits per heavy atom. The maximum atomic E-state index is 2.60. The zero-order chi connectivity index (χ0) is 47.0. The largest absolute Gasteiger partial charge is 0.310 e. The normalized spacial score (nSPS) is 14.0. The standard InChI is InChI=1S/C70H47N/c1-69(2)61-30-14-13-28-57(61)68-56(29-18-34-65(68)69)60-42-59-55-27-12-17-33-64(55)70(62-31-15-10-25-53(62)54-26-11-16-32-63(54)70)66(59)43-67(60)71(46-37-35-45(36-38-46)44-19-4-3-5-20-44)47-39-40-52-50-23-7-6-21-48(50)49-22-8-9-24-51(49)58(52)41-47/h3-43H,1-2H3. The molecule has 0 amide bonds. The van der Waals surface area contributed by atoms with E-state index in [2.05, 4.69) is 267 Å². The van der Waals surface area contributed by atoms with Gasteiger partial charge in [-0.05, 0) is 152 Å². The lowest BCUT2D eigenvalue weighted by Gasteiger charge is -2.34. The summed E-state index contributed by atoms with van der Waals surface area (Å²) in [5.74, 6) is 0. The van der Waals surface area contributed by atoms with E-state index in [0.717, 1.165) is 17.1 Å². The molecule has 0 saturated carbocycles. The van der Waals surface area contributed by atoms with Crippen LogP contribution < -0.4 is 4.90 Å². The van der Waals surface area contributed by atoms with Crippen LogP contribution in [-0.4, -0.2) is 0 Å². The Balaban J connectivity index is 1.09. The van der Waals surface area contributed by atoms with Gasteiger partial charge in [0.05, 0.1) is 11.1 Å². The molecule has 0 saturated heterocycles. The molecule has 1 nitrogen and oxygen atoms in total. The van der Waals surface area contributed by atoms with Crippen LogP contribution in [-0.2, 0) is 10.8 Å². The van der Waals surface area contributed by atoms with Crippen molar-refractivity contribution in [3.05, 3.63) is 282 Å². The minimum absolute atomic E-state index is 0.165. The van der Waals surface area contributed by atoms with Gasteiger partial charge in [0.2, 0.25) is 0 Å². The van der Waals surface area contributed by atoms with E-state index in [-0.39, 0.29) is 5.41 Å². The lowest BCUT2D eigenvalue weighted by Crippen LogP contribution is -2.26. The molecule has 3 aliphatic carbocycles. The van der Waals surface area contributed by atoms with Crippen molar-refractivity contribution in [2.75, 3.05) is 4.90 Å². The highest BCUT2D eigenvalue weighted by Gasteiger charge is 2.52. The molecule has 0 bridgehead atoms. The number of hydrogen-bond donors (Lipinski definition) is 0. The molecular formula is C70H47N. The molecule has 0 heterocycles. The molecule has 12 aromatic carbocycles. The molecule has 0 unspecified atom stereocenters. The van der Waals surface area contributed by atoms with Crippen molar-refractivity contribution in [2.24, 2.45) is 0 Å². The lowest BCUT2D eigenvalue weighted by molar-refractivity contribution is 0.660. The van der Waals surface area contributed by atoms with E-state index in [9.17, 15) is 0 Å². The second kappa shape index (κ2) is 14.9. The Bertz CT molecular complexity index is 4110. The molecule has 332 valence electrons. The van der Waals surface area contributed by atoms with Crippen LogP contribution in [0, 0.1) is 0 Å². The van der Waals surface area contributed by atoms with Crippen molar-refractivity contribution in [1.29, 1.82) is 0 Å². The highest BCUT2D eigenvalue weighted by molar-refractivity contribution is 6.26. The van der Waals surface area contributed by atoms with E-state index < -0.39 is 5.41 Å². The Labute approximate surface area is 414 Å². The molecule has 0 N–H and O–H groups in total. The number of rotatable bonds is 5. The van der Waals surface area contributed by atoms with E-state index in [4.69, 9.17) is 0 Å². The first kappa shape index (κ1) is 40.1. The van der Waals surface area contributed by atoms with Crippen molar-refractivity contribution in [2.45, 2.75) is 24.7 Å². The van der Waals surface area contributed by atoms with Crippen LogP contribution in [0.3, 0.4) is 0 Å². The molecule has 0 atom stereocenters. The van der Waals surface area contributed by atoms with Gasteiger partial charge >= 0.3 is 0 Å². The Morgan fingerprint density at radius 3 is 1.34 bits per heavy atom. The minimum atomic E-state index is -0.527. The van der Waals surface area contributed by atoms with Crippen molar-refractivity contribution in [3.8, 4) is 55.6 Å². The van der Waals surface area contributed by atoms with E-state index >= 15 is 0 Å². The summed E-state index contributed by atoms with van der Waals surface area (Å²) in [6, 6.07) is 93.9. The van der Waals surface area contributed by atoms with Gasteiger partial charge < -0.3 is 4.90 Å². The van der Waals surface area contributed by atoms with Gasteiger partial charge in [-0.2, -0.15) is 0 Å². The predicted molar refractivity (Wildman–Crippen MR) is 298 cm³/mol. The third-order valence-corrected chi connectivity index (χ3v) is 16.5. The SMILES string of the molecule is CC1(C)c2ccccc2-c2c(-c3cc4c(cc3N(c3ccc(-c5ccccc5)cc3)c3ccc5c6ccccc6c6ccccc6c5c3)C3(c5ccccc5-c5ccccc53)c3ccccc3-4)cccc21. The third-order valence-electron chi connectivity index (χ3n) is 16.5. The van der Waals surface area contributed by atoms with Gasteiger partial charge in [-0.15, -0.1) is 0 Å². The fourth-order valence-electron chi connectivity index (χ4n) is 13.4. The molecule has 0 fully saturated rings. The van der Waals surface area contributed by atoms with Gasteiger partial charge in [0.25, 0.3) is 0 Å². The summed E-state index contributed by atoms with van der Waals surface area (Å²) in [6.45, 7) is 4.79. The third kappa shape index (κ3) is 5.46. The maximum Gasteiger partial charge on any atom is 0.0726 e. The van der Waals surface area contributed by atoms with Gasteiger partial charge in [-0.3, -0.25) is 0 Å². The van der Waals surface area contributed by atoms with Gasteiger partial charge in [-0.1, -0.05) is 226 Å². The fourth-order valence-corrected chi connectivity index (χ4v) is 13.4. The van der Waals surface area contributed by atoms with Crippen molar-refractivity contribution < 1.29 is 0 Å². The zero-order valence-electron chi connectivity index (χ0n) is 39.6. The summed E-state index contributed by atoms with van der Waals surface area (Å²) in [5.41, 5.74) is 23.4. The number of nitrogens with zero attached hydrogens (tertiary/aromatic N) is 1. The molecule has 3 aliphatic rings. The quantitative estimate of drug-likeness (QED) is 0.156. The molecule has 0 aliphatic heterocycles. The molecule has 15 rings (SSSR count).